The maximum atomic E-state index is 6.33. The summed E-state index contributed by atoms with van der Waals surface area (Å²) in [5.74, 6) is 0. The molecule has 2 aromatic rings. The van der Waals surface area contributed by atoms with Crippen molar-refractivity contribution in [3.8, 4) is 0 Å². The zero-order valence-electron chi connectivity index (χ0n) is 11.2. The molecule has 2 unspecified atom stereocenters. The second kappa shape index (κ2) is 6.08. The molecule has 3 nitrogen and oxygen atoms in total. The molecule has 0 spiro atoms. The smallest absolute Gasteiger partial charge is 0.101 e. The number of aromatic nitrogens is 2. The van der Waals surface area contributed by atoms with E-state index in [9.17, 15) is 0 Å². The summed E-state index contributed by atoms with van der Waals surface area (Å²) in [7, 11) is 0. The summed E-state index contributed by atoms with van der Waals surface area (Å²) in [4.78, 5) is 1.24. The van der Waals surface area contributed by atoms with E-state index in [1.807, 2.05) is 11.6 Å². The highest BCUT2D eigenvalue weighted by molar-refractivity contribution is 9.11. The summed E-state index contributed by atoms with van der Waals surface area (Å²) in [5.41, 5.74) is 8.46. The molecule has 0 aliphatic rings. The molecule has 0 aliphatic heterocycles. The van der Waals surface area contributed by atoms with Crippen LogP contribution < -0.4 is 5.73 Å². The first kappa shape index (κ1) is 15.2. The monoisotopic (exact) mass is 405 g/mol. The highest BCUT2D eigenvalue weighted by Gasteiger charge is 2.25. The molecule has 0 amide bonds. The van der Waals surface area contributed by atoms with Crippen molar-refractivity contribution < 1.29 is 0 Å². The average molecular weight is 407 g/mol. The van der Waals surface area contributed by atoms with Gasteiger partial charge < -0.3 is 5.73 Å². The van der Waals surface area contributed by atoms with Gasteiger partial charge in [-0.2, -0.15) is 5.10 Å². The molecule has 2 aromatic heterocycles. The van der Waals surface area contributed by atoms with Gasteiger partial charge in [0, 0.05) is 10.9 Å². The van der Waals surface area contributed by atoms with Crippen LogP contribution in [0.1, 0.15) is 35.7 Å². The Hall–Kier alpha value is -0.170. The van der Waals surface area contributed by atoms with Crippen LogP contribution in [0.3, 0.4) is 0 Å². The molecule has 6 heteroatoms. The molecule has 0 aliphatic carbocycles. The van der Waals surface area contributed by atoms with Gasteiger partial charge in [0.15, 0.2) is 0 Å². The van der Waals surface area contributed by atoms with Crippen LogP contribution in [0.15, 0.2) is 20.4 Å². The van der Waals surface area contributed by atoms with Gasteiger partial charge in [-0.05, 0) is 64.3 Å². The molecule has 2 atom stereocenters. The van der Waals surface area contributed by atoms with Crippen LogP contribution in [0, 0.1) is 13.8 Å². The fraction of sp³-hybridized carbons (Fsp3) is 0.462. The Morgan fingerprint density at radius 2 is 2.05 bits per heavy atom. The van der Waals surface area contributed by atoms with Crippen molar-refractivity contribution in [1.29, 1.82) is 0 Å². The van der Waals surface area contributed by atoms with E-state index in [0.717, 1.165) is 26.1 Å². The Balaban J connectivity index is 2.52. The third kappa shape index (κ3) is 2.96. The number of aryl methyl sites for hydroxylation is 1. The molecule has 2 N–H and O–H groups in total. The molecule has 0 radical (unpaired) electrons. The van der Waals surface area contributed by atoms with E-state index in [1.165, 1.54) is 4.88 Å². The SMILES string of the molecule is CCC(N)C(c1ccc(Br)s1)n1nc(C)c(Br)c1C. The van der Waals surface area contributed by atoms with E-state index in [0.29, 0.717) is 0 Å². The number of hydrogen-bond donors (Lipinski definition) is 1. The average Bonchev–Trinajstić information content (AvgIpc) is 2.90. The fourth-order valence-corrected chi connectivity index (χ4v) is 3.98. The van der Waals surface area contributed by atoms with E-state index >= 15 is 0 Å². The number of hydrogen-bond acceptors (Lipinski definition) is 3. The van der Waals surface area contributed by atoms with Crippen LogP contribution >= 0.6 is 43.2 Å². The second-order valence-electron chi connectivity index (χ2n) is 4.59. The van der Waals surface area contributed by atoms with Crippen LogP contribution in [0.4, 0.5) is 0 Å². The predicted molar refractivity (Wildman–Crippen MR) is 87.8 cm³/mol. The van der Waals surface area contributed by atoms with Gasteiger partial charge >= 0.3 is 0 Å². The van der Waals surface area contributed by atoms with Crippen molar-refractivity contribution in [2.24, 2.45) is 5.73 Å². The molecule has 0 fully saturated rings. The Bertz CT molecular complexity index is 576. The minimum atomic E-state index is 0.0513. The van der Waals surface area contributed by atoms with Crippen LogP contribution in [-0.2, 0) is 0 Å². The lowest BCUT2D eigenvalue weighted by Crippen LogP contribution is -2.33. The summed E-state index contributed by atoms with van der Waals surface area (Å²) < 4.78 is 4.24. The lowest BCUT2D eigenvalue weighted by Gasteiger charge is -2.23. The number of halogens is 2. The van der Waals surface area contributed by atoms with E-state index < -0.39 is 0 Å². The molecular weight excluding hydrogens is 390 g/mol. The minimum absolute atomic E-state index is 0.0513. The summed E-state index contributed by atoms with van der Waals surface area (Å²) in [5, 5.41) is 4.65. The molecule has 104 valence electrons. The van der Waals surface area contributed by atoms with Gasteiger partial charge in [-0.1, -0.05) is 6.92 Å². The van der Waals surface area contributed by atoms with Crippen molar-refractivity contribution in [3.05, 3.63) is 36.7 Å². The van der Waals surface area contributed by atoms with Gasteiger partial charge in [0.05, 0.1) is 19.6 Å². The van der Waals surface area contributed by atoms with Gasteiger partial charge in [0.2, 0.25) is 0 Å². The summed E-state index contributed by atoms with van der Waals surface area (Å²) in [6.45, 7) is 6.19. The molecule has 0 aromatic carbocycles. The molecule has 2 heterocycles. The van der Waals surface area contributed by atoms with Gasteiger partial charge in [-0.3, -0.25) is 4.68 Å². The van der Waals surface area contributed by atoms with Crippen molar-refractivity contribution in [3.63, 3.8) is 0 Å². The third-order valence-electron chi connectivity index (χ3n) is 3.26. The number of thiophene rings is 1. The lowest BCUT2D eigenvalue weighted by atomic mass is 10.1. The largest absolute Gasteiger partial charge is 0.326 e. The first-order valence-electron chi connectivity index (χ1n) is 6.17. The van der Waals surface area contributed by atoms with Crippen molar-refractivity contribution in [2.45, 2.75) is 39.3 Å². The summed E-state index contributed by atoms with van der Waals surface area (Å²) in [6.07, 6.45) is 0.913. The summed E-state index contributed by atoms with van der Waals surface area (Å²) in [6, 6.07) is 4.33. The maximum absolute atomic E-state index is 6.33. The van der Waals surface area contributed by atoms with Crippen LogP contribution in [0.25, 0.3) is 0 Å². The molecular formula is C13H17Br2N3S. The van der Waals surface area contributed by atoms with Crippen LogP contribution in [-0.4, -0.2) is 15.8 Å². The first-order chi connectivity index (χ1) is 8.95. The minimum Gasteiger partial charge on any atom is -0.326 e. The quantitative estimate of drug-likeness (QED) is 0.816. The van der Waals surface area contributed by atoms with Crippen LogP contribution in [0.5, 0.6) is 0 Å². The van der Waals surface area contributed by atoms with Gasteiger partial charge in [-0.25, -0.2) is 0 Å². The third-order valence-corrected chi connectivity index (χ3v) is 6.10. The van der Waals surface area contributed by atoms with Gasteiger partial charge in [0.25, 0.3) is 0 Å². The van der Waals surface area contributed by atoms with Crippen molar-refractivity contribution >= 4 is 43.2 Å². The number of nitrogens with zero attached hydrogens (tertiary/aromatic N) is 2. The Morgan fingerprint density at radius 1 is 1.37 bits per heavy atom. The zero-order chi connectivity index (χ0) is 14.2. The Kier molecular flexibility index (Phi) is 4.87. The lowest BCUT2D eigenvalue weighted by molar-refractivity contribution is 0.421. The second-order valence-corrected chi connectivity index (χ2v) is 7.88. The van der Waals surface area contributed by atoms with Gasteiger partial charge in [0.1, 0.15) is 6.04 Å². The number of nitrogens with two attached hydrogens (primary N) is 1. The van der Waals surface area contributed by atoms with Crippen molar-refractivity contribution in [2.75, 3.05) is 0 Å². The van der Waals surface area contributed by atoms with E-state index in [-0.39, 0.29) is 12.1 Å². The Labute approximate surface area is 134 Å². The summed E-state index contributed by atoms with van der Waals surface area (Å²) >= 11 is 8.83. The van der Waals surface area contributed by atoms with E-state index in [4.69, 9.17) is 5.73 Å². The zero-order valence-corrected chi connectivity index (χ0v) is 15.1. The predicted octanol–water partition coefficient (Wildman–Crippen LogP) is 4.41. The Morgan fingerprint density at radius 3 is 2.47 bits per heavy atom. The molecule has 0 bridgehead atoms. The fourth-order valence-electron chi connectivity index (χ4n) is 2.14. The normalized spacial score (nSPS) is 14.6. The highest BCUT2D eigenvalue weighted by Crippen LogP contribution is 2.34. The van der Waals surface area contributed by atoms with E-state index in [2.05, 4.69) is 62.9 Å². The topological polar surface area (TPSA) is 43.8 Å². The molecule has 0 saturated heterocycles. The standard InChI is InChI=1S/C13H17Br2N3S/c1-4-9(16)13(10-5-6-11(14)19-10)18-8(3)12(15)7(2)17-18/h5-6,9,13H,4,16H2,1-3H3. The highest BCUT2D eigenvalue weighted by atomic mass is 79.9. The van der Waals surface area contributed by atoms with Gasteiger partial charge in [-0.15, -0.1) is 11.3 Å². The molecule has 19 heavy (non-hydrogen) atoms. The molecule has 2 rings (SSSR count). The number of rotatable bonds is 4. The van der Waals surface area contributed by atoms with Crippen LogP contribution in [0.2, 0.25) is 0 Å². The van der Waals surface area contributed by atoms with E-state index in [1.54, 1.807) is 11.3 Å². The first-order valence-corrected chi connectivity index (χ1v) is 8.58. The molecule has 0 saturated carbocycles. The maximum Gasteiger partial charge on any atom is 0.101 e. The van der Waals surface area contributed by atoms with Crippen molar-refractivity contribution in [1.82, 2.24) is 9.78 Å².